The zero-order valence-electron chi connectivity index (χ0n) is 15.2. The number of rotatable bonds is 7. The van der Waals surface area contributed by atoms with Gasteiger partial charge in [-0.3, -0.25) is 4.99 Å². The van der Waals surface area contributed by atoms with Crippen LogP contribution in [0, 0.1) is 5.92 Å². The monoisotopic (exact) mass is 456 g/mol. The first kappa shape index (κ1) is 21.9. The molecule has 2 atom stereocenters. The van der Waals surface area contributed by atoms with Crippen molar-refractivity contribution in [1.82, 2.24) is 15.1 Å². The highest BCUT2D eigenvalue weighted by atomic mass is 127. The van der Waals surface area contributed by atoms with Crippen molar-refractivity contribution in [3.8, 4) is 0 Å². The van der Waals surface area contributed by atoms with E-state index in [9.17, 15) is 0 Å². The number of nitrogens with one attached hydrogen (secondary N) is 1. The molecule has 2 saturated heterocycles. The Hall–Kier alpha value is -0.160. The lowest BCUT2D eigenvalue weighted by Gasteiger charge is -2.31. The highest BCUT2D eigenvalue weighted by molar-refractivity contribution is 14.0. The Balaban J connectivity index is 0.00000288. The van der Waals surface area contributed by atoms with Crippen molar-refractivity contribution in [2.24, 2.45) is 10.9 Å². The molecule has 1 N–H and O–H groups in total. The molecular formula is C16H33IN4O3. The topological polar surface area (TPSA) is 58.6 Å². The molecule has 2 unspecified atom stereocenters. The van der Waals surface area contributed by atoms with Gasteiger partial charge in [0.05, 0.1) is 32.5 Å². The third kappa shape index (κ3) is 7.38. The van der Waals surface area contributed by atoms with E-state index in [1.807, 2.05) is 7.05 Å². The van der Waals surface area contributed by atoms with Crippen molar-refractivity contribution in [3.63, 3.8) is 0 Å². The van der Waals surface area contributed by atoms with E-state index in [1.54, 1.807) is 7.11 Å². The Bertz CT molecular complexity index is 373. The van der Waals surface area contributed by atoms with Gasteiger partial charge < -0.3 is 29.3 Å². The van der Waals surface area contributed by atoms with Crippen molar-refractivity contribution in [1.29, 1.82) is 0 Å². The van der Waals surface area contributed by atoms with E-state index < -0.39 is 0 Å². The fourth-order valence-electron chi connectivity index (χ4n) is 3.08. The summed E-state index contributed by atoms with van der Waals surface area (Å²) < 4.78 is 16.4. The third-order valence-corrected chi connectivity index (χ3v) is 4.41. The van der Waals surface area contributed by atoms with Gasteiger partial charge in [0.1, 0.15) is 0 Å². The third-order valence-electron chi connectivity index (χ3n) is 4.41. The van der Waals surface area contributed by atoms with Crippen molar-refractivity contribution < 1.29 is 14.2 Å². The maximum atomic E-state index is 5.79. The highest BCUT2D eigenvalue weighted by Gasteiger charge is 2.26. The van der Waals surface area contributed by atoms with Gasteiger partial charge in [0, 0.05) is 52.8 Å². The van der Waals surface area contributed by atoms with Crippen LogP contribution in [0.1, 0.15) is 6.42 Å². The minimum absolute atomic E-state index is 0. The molecule has 24 heavy (non-hydrogen) atoms. The standard InChI is InChI=1S/C16H32N4O3.HI/c1-17-16(18-10-15-12-19(2)6-7-23-15)20-5-4-14(11-20)13-22-9-8-21-3;/h14-15H,4-13H2,1-3H3,(H,17,18);1H. The maximum absolute atomic E-state index is 5.79. The van der Waals surface area contributed by atoms with E-state index in [0.29, 0.717) is 19.1 Å². The van der Waals surface area contributed by atoms with Crippen LogP contribution in [-0.2, 0) is 14.2 Å². The van der Waals surface area contributed by atoms with Gasteiger partial charge in [-0.1, -0.05) is 0 Å². The van der Waals surface area contributed by atoms with Gasteiger partial charge in [-0.25, -0.2) is 0 Å². The lowest BCUT2D eigenvalue weighted by Crippen LogP contribution is -2.49. The lowest BCUT2D eigenvalue weighted by atomic mass is 10.1. The predicted molar refractivity (Wildman–Crippen MR) is 106 cm³/mol. The molecule has 0 spiro atoms. The number of hydrogen-bond donors (Lipinski definition) is 1. The molecule has 2 fully saturated rings. The summed E-state index contributed by atoms with van der Waals surface area (Å²) in [6.07, 6.45) is 1.39. The molecule has 2 heterocycles. The Morgan fingerprint density at radius 1 is 1.29 bits per heavy atom. The van der Waals surface area contributed by atoms with Gasteiger partial charge in [0.2, 0.25) is 0 Å². The minimum Gasteiger partial charge on any atom is -0.382 e. The number of likely N-dealkylation sites (tertiary alicyclic amines) is 1. The van der Waals surface area contributed by atoms with E-state index in [0.717, 1.165) is 58.3 Å². The summed E-state index contributed by atoms with van der Waals surface area (Å²) in [5.74, 6) is 1.55. The van der Waals surface area contributed by atoms with Crippen LogP contribution in [0.4, 0.5) is 0 Å². The molecule has 8 heteroatoms. The molecule has 0 bridgehead atoms. The van der Waals surface area contributed by atoms with Crippen molar-refractivity contribution >= 4 is 29.9 Å². The van der Waals surface area contributed by atoms with E-state index in [4.69, 9.17) is 14.2 Å². The summed E-state index contributed by atoms with van der Waals surface area (Å²) in [4.78, 5) is 9.04. The second-order valence-electron chi connectivity index (χ2n) is 6.35. The molecule has 142 valence electrons. The van der Waals surface area contributed by atoms with Crippen LogP contribution in [0.25, 0.3) is 0 Å². The van der Waals surface area contributed by atoms with Crippen LogP contribution in [0.15, 0.2) is 4.99 Å². The molecule has 2 rings (SSSR count). The normalized spacial score (nSPS) is 25.6. The summed E-state index contributed by atoms with van der Waals surface area (Å²) >= 11 is 0. The largest absolute Gasteiger partial charge is 0.382 e. The molecule has 0 radical (unpaired) electrons. The molecule has 0 aromatic carbocycles. The quantitative estimate of drug-likeness (QED) is 0.261. The van der Waals surface area contributed by atoms with E-state index >= 15 is 0 Å². The molecule has 2 aliphatic heterocycles. The van der Waals surface area contributed by atoms with Gasteiger partial charge in [-0.15, -0.1) is 24.0 Å². The van der Waals surface area contributed by atoms with E-state index in [2.05, 4.69) is 27.2 Å². The van der Waals surface area contributed by atoms with Crippen LogP contribution in [0.3, 0.4) is 0 Å². The van der Waals surface area contributed by atoms with Crippen LogP contribution in [0.2, 0.25) is 0 Å². The summed E-state index contributed by atoms with van der Waals surface area (Å²) in [6, 6.07) is 0. The maximum Gasteiger partial charge on any atom is 0.193 e. The number of halogens is 1. The molecule has 0 amide bonds. The smallest absolute Gasteiger partial charge is 0.193 e. The van der Waals surface area contributed by atoms with Gasteiger partial charge in [0.25, 0.3) is 0 Å². The van der Waals surface area contributed by atoms with Crippen LogP contribution in [-0.4, -0.2) is 102 Å². The Morgan fingerprint density at radius 3 is 2.83 bits per heavy atom. The SMILES string of the molecule is CN=C(NCC1CN(C)CCO1)N1CCC(COCCOC)C1.I. The number of hydrogen-bond acceptors (Lipinski definition) is 5. The zero-order valence-corrected chi connectivity index (χ0v) is 17.5. The van der Waals surface area contributed by atoms with Gasteiger partial charge in [-0.2, -0.15) is 0 Å². The van der Waals surface area contributed by atoms with E-state index in [1.165, 1.54) is 0 Å². The number of morpholine rings is 1. The molecule has 2 aliphatic rings. The summed E-state index contributed by atoms with van der Waals surface area (Å²) in [5.41, 5.74) is 0. The summed E-state index contributed by atoms with van der Waals surface area (Å²) in [5, 5.41) is 3.46. The minimum atomic E-state index is 0. The first-order chi connectivity index (χ1) is 11.2. The first-order valence-corrected chi connectivity index (χ1v) is 8.55. The fraction of sp³-hybridized carbons (Fsp3) is 0.938. The number of ether oxygens (including phenoxy) is 3. The first-order valence-electron chi connectivity index (χ1n) is 8.55. The van der Waals surface area contributed by atoms with Gasteiger partial charge >= 0.3 is 0 Å². The van der Waals surface area contributed by atoms with Crippen LogP contribution >= 0.6 is 24.0 Å². The Labute approximate surface area is 163 Å². The van der Waals surface area contributed by atoms with Gasteiger partial charge in [0.15, 0.2) is 5.96 Å². The predicted octanol–water partition coefficient (Wildman–Crippen LogP) is 0.495. The molecule has 0 aliphatic carbocycles. The molecular weight excluding hydrogens is 423 g/mol. The molecule has 0 saturated carbocycles. The lowest BCUT2D eigenvalue weighted by molar-refractivity contribution is -0.0163. The number of likely N-dealkylation sites (N-methyl/N-ethyl adjacent to an activating group) is 1. The summed E-state index contributed by atoms with van der Waals surface area (Å²) in [7, 11) is 5.68. The van der Waals surface area contributed by atoms with Crippen LogP contribution < -0.4 is 5.32 Å². The van der Waals surface area contributed by atoms with Crippen molar-refractivity contribution in [2.45, 2.75) is 12.5 Å². The Kier molecular flexibility index (Phi) is 11.2. The average Bonchev–Trinajstić information content (AvgIpc) is 3.01. The van der Waals surface area contributed by atoms with Gasteiger partial charge in [-0.05, 0) is 13.5 Å². The zero-order chi connectivity index (χ0) is 16.5. The van der Waals surface area contributed by atoms with Crippen molar-refractivity contribution in [3.05, 3.63) is 0 Å². The van der Waals surface area contributed by atoms with E-state index in [-0.39, 0.29) is 30.1 Å². The summed E-state index contributed by atoms with van der Waals surface area (Å²) in [6.45, 7) is 7.77. The fourth-order valence-corrected chi connectivity index (χ4v) is 3.08. The number of nitrogens with zero attached hydrogens (tertiary/aromatic N) is 3. The molecule has 7 nitrogen and oxygen atoms in total. The second kappa shape index (κ2) is 12.2. The highest BCUT2D eigenvalue weighted by Crippen LogP contribution is 2.16. The molecule has 0 aromatic rings. The number of aliphatic imine (C=N–C) groups is 1. The number of guanidine groups is 1. The number of methoxy groups -OCH3 is 1. The molecule has 0 aromatic heterocycles. The Morgan fingerprint density at radius 2 is 2.12 bits per heavy atom. The second-order valence-corrected chi connectivity index (χ2v) is 6.35. The van der Waals surface area contributed by atoms with Crippen molar-refractivity contribution in [2.75, 3.05) is 80.4 Å². The van der Waals surface area contributed by atoms with Crippen LogP contribution in [0.5, 0.6) is 0 Å². The average molecular weight is 456 g/mol.